The lowest BCUT2D eigenvalue weighted by Crippen LogP contribution is -2.33. The normalized spacial score (nSPS) is 11.4. The van der Waals surface area contributed by atoms with E-state index in [0.29, 0.717) is 5.56 Å². The molecule has 0 radical (unpaired) electrons. The number of aliphatic hydroxyl groups excluding tert-OH is 1. The summed E-state index contributed by atoms with van der Waals surface area (Å²) in [6.07, 6.45) is 4.53. The van der Waals surface area contributed by atoms with E-state index in [4.69, 9.17) is 5.11 Å². The number of hydrogen-bond acceptors (Lipinski definition) is 2. The Hall–Kier alpha value is -1.79. The minimum absolute atomic E-state index is 0.0517. The van der Waals surface area contributed by atoms with E-state index in [0.717, 1.165) is 24.0 Å². The smallest absolute Gasteiger partial charge is 0.251 e. The van der Waals surface area contributed by atoms with Gasteiger partial charge in [0.15, 0.2) is 0 Å². The summed E-state index contributed by atoms with van der Waals surface area (Å²) >= 11 is 0. The molecular weight excluding hydrogens is 262 g/mol. The third-order valence-corrected chi connectivity index (χ3v) is 3.50. The molecule has 3 nitrogen and oxygen atoms in total. The molecule has 21 heavy (non-hydrogen) atoms. The van der Waals surface area contributed by atoms with E-state index >= 15 is 0 Å². The minimum atomic E-state index is -0.176. The molecule has 0 aromatic heterocycles. The Balaban J connectivity index is 2.74. The lowest BCUT2D eigenvalue weighted by molar-refractivity contribution is 0.0937. The van der Waals surface area contributed by atoms with Crippen molar-refractivity contribution in [2.24, 2.45) is 0 Å². The van der Waals surface area contributed by atoms with Crippen molar-refractivity contribution in [3.63, 3.8) is 0 Å². The number of nitrogens with one attached hydrogen (secondary N) is 1. The number of amides is 1. The molecule has 1 aromatic carbocycles. The second kappa shape index (κ2) is 9.20. The van der Waals surface area contributed by atoms with E-state index in [9.17, 15) is 4.79 Å². The van der Waals surface area contributed by atoms with Crippen LogP contribution in [0.2, 0.25) is 0 Å². The third-order valence-electron chi connectivity index (χ3n) is 3.50. The van der Waals surface area contributed by atoms with Crippen LogP contribution in [-0.2, 0) is 0 Å². The first-order valence-corrected chi connectivity index (χ1v) is 7.60. The van der Waals surface area contributed by atoms with E-state index in [1.165, 1.54) is 12.8 Å². The van der Waals surface area contributed by atoms with Gasteiger partial charge in [0.2, 0.25) is 0 Å². The molecule has 0 fully saturated rings. The summed E-state index contributed by atoms with van der Waals surface area (Å²) in [6.45, 7) is 5.92. The maximum Gasteiger partial charge on any atom is 0.251 e. The summed E-state index contributed by atoms with van der Waals surface area (Å²) in [6, 6.07) is 5.67. The van der Waals surface area contributed by atoms with Gasteiger partial charge in [0.1, 0.15) is 6.61 Å². The quantitative estimate of drug-likeness (QED) is 0.624. The second-order valence-corrected chi connectivity index (χ2v) is 5.31. The van der Waals surface area contributed by atoms with Crippen molar-refractivity contribution in [2.45, 2.75) is 52.5 Å². The van der Waals surface area contributed by atoms with E-state index in [1.807, 2.05) is 32.0 Å². The molecule has 1 rings (SSSR count). The van der Waals surface area contributed by atoms with Crippen molar-refractivity contribution in [2.75, 3.05) is 6.61 Å². The average molecular weight is 287 g/mol. The van der Waals surface area contributed by atoms with Crippen molar-refractivity contribution < 1.29 is 9.90 Å². The Bertz CT molecular complexity index is 526. The predicted octanol–water partition coefficient (Wildman–Crippen LogP) is 3.04. The molecule has 0 spiro atoms. The maximum absolute atomic E-state index is 12.3. The van der Waals surface area contributed by atoms with Gasteiger partial charge in [-0.1, -0.05) is 44.1 Å². The largest absolute Gasteiger partial charge is 0.384 e. The fraction of sp³-hybridized carbons (Fsp3) is 0.500. The number of unbranched alkanes of at least 4 members (excludes halogenated alkanes) is 2. The van der Waals surface area contributed by atoms with E-state index in [2.05, 4.69) is 24.1 Å². The van der Waals surface area contributed by atoms with Crippen molar-refractivity contribution >= 4 is 5.91 Å². The molecule has 1 unspecified atom stereocenters. The molecule has 114 valence electrons. The van der Waals surface area contributed by atoms with Crippen molar-refractivity contribution in [1.29, 1.82) is 0 Å². The van der Waals surface area contributed by atoms with Gasteiger partial charge in [0.05, 0.1) is 0 Å². The van der Waals surface area contributed by atoms with Crippen molar-refractivity contribution in [3.05, 3.63) is 34.9 Å². The number of hydrogen-bond donors (Lipinski definition) is 2. The molecule has 0 aliphatic carbocycles. The van der Waals surface area contributed by atoms with Gasteiger partial charge in [-0.05, 0) is 38.0 Å². The lowest BCUT2D eigenvalue weighted by atomic mass is 10.0. The van der Waals surface area contributed by atoms with E-state index in [1.54, 1.807) is 0 Å². The summed E-state index contributed by atoms with van der Waals surface area (Å²) in [7, 11) is 0. The summed E-state index contributed by atoms with van der Waals surface area (Å²) in [4.78, 5) is 12.3. The van der Waals surface area contributed by atoms with Gasteiger partial charge in [0, 0.05) is 17.2 Å². The third kappa shape index (κ3) is 5.61. The van der Waals surface area contributed by atoms with E-state index in [-0.39, 0.29) is 18.6 Å². The molecule has 0 aliphatic rings. The zero-order chi connectivity index (χ0) is 15.7. The van der Waals surface area contributed by atoms with Crippen molar-refractivity contribution in [1.82, 2.24) is 5.32 Å². The molecule has 0 aliphatic heterocycles. The van der Waals surface area contributed by atoms with Gasteiger partial charge in [-0.15, -0.1) is 0 Å². The van der Waals surface area contributed by atoms with Crippen LogP contribution >= 0.6 is 0 Å². The summed E-state index contributed by atoms with van der Waals surface area (Å²) in [5, 5.41) is 11.8. The molecule has 1 aromatic rings. The molecule has 0 saturated carbocycles. The second-order valence-electron chi connectivity index (χ2n) is 5.31. The van der Waals surface area contributed by atoms with Crippen LogP contribution in [0, 0.1) is 18.8 Å². The topological polar surface area (TPSA) is 49.3 Å². The standard InChI is InChI=1S/C18H25NO2/c1-4-5-6-9-14(2)19-18(21)17-12-7-10-16(15(17)3)11-8-13-20/h7,10,12,14,20H,4-6,9,13H2,1-3H3,(H,19,21). The van der Waals surface area contributed by atoms with Crippen LogP contribution in [0.1, 0.15) is 61.0 Å². The highest BCUT2D eigenvalue weighted by Crippen LogP contribution is 2.13. The number of rotatable bonds is 6. The average Bonchev–Trinajstić information content (AvgIpc) is 2.46. The number of aliphatic hydroxyl groups is 1. The van der Waals surface area contributed by atoms with Gasteiger partial charge in [-0.3, -0.25) is 4.79 Å². The summed E-state index contributed by atoms with van der Waals surface area (Å²) < 4.78 is 0. The molecule has 0 heterocycles. The van der Waals surface area contributed by atoms with Crippen LogP contribution in [0.5, 0.6) is 0 Å². The van der Waals surface area contributed by atoms with Crippen LogP contribution < -0.4 is 5.32 Å². The van der Waals surface area contributed by atoms with Crippen LogP contribution in [0.3, 0.4) is 0 Å². The van der Waals surface area contributed by atoms with Gasteiger partial charge in [-0.2, -0.15) is 0 Å². The Morgan fingerprint density at radius 2 is 2.14 bits per heavy atom. The Morgan fingerprint density at radius 1 is 1.38 bits per heavy atom. The lowest BCUT2D eigenvalue weighted by Gasteiger charge is -2.15. The van der Waals surface area contributed by atoms with Gasteiger partial charge >= 0.3 is 0 Å². The van der Waals surface area contributed by atoms with Crippen LogP contribution in [0.4, 0.5) is 0 Å². The molecule has 3 heteroatoms. The maximum atomic E-state index is 12.3. The Kier molecular flexibility index (Phi) is 7.56. The summed E-state index contributed by atoms with van der Waals surface area (Å²) in [5.74, 6) is 5.44. The molecule has 0 bridgehead atoms. The Morgan fingerprint density at radius 3 is 2.81 bits per heavy atom. The summed E-state index contributed by atoms with van der Waals surface area (Å²) in [5.41, 5.74) is 2.30. The predicted molar refractivity (Wildman–Crippen MR) is 86.2 cm³/mol. The molecule has 1 amide bonds. The molecular formula is C18H25NO2. The molecule has 1 atom stereocenters. The van der Waals surface area contributed by atoms with E-state index < -0.39 is 0 Å². The van der Waals surface area contributed by atoms with Gasteiger partial charge < -0.3 is 10.4 Å². The van der Waals surface area contributed by atoms with Crippen LogP contribution in [-0.4, -0.2) is 23.7 Å². The first-order chi connectivity index (χ1) is 10.1. The molecule has 2 N–H and O–H groups in total. The SMILES string of the molecule is CCCCCC(C)NC(=O)c1cccc(C#CCO)c1C. The zero-order valence-corrected chi connectivity index (χ0v) is 13.2. The van der Waals surface area contributed by atoms with Crippen LogP contribution in [0.15, 0.2) is 18.2 Å². The highest BCUT2D eigenvalue weighted by Gasteiger charge is 2.13. The first kappa shape index (κ1) is 17.3. The monoisotopic (exact) mass is 287 g/mol. The fourth-order valence-electron chi connectivity index (χ4n) is 2.23. The van der Waals surface area contributed by atoms with Crippen molar-refractivity contribution in [3.8, 4) is 11.8 Å². The number of carbonyl (C=O) groups is 1. The number of benzene rings is 1. The first-order valence-electron chi connectivity index (χ1n) is 7.60. The highest BCUT2D eigenvalue weighted by molar-refractivity contribution is 5.96. The minimum Gasteiger partial charge on any atom is -0.384 e. The van der Waals surface area contributed by atoms with Gasteiger partial charge in [-0.25, -0.2) is 0 Å². The highest BCUT2D eigenvalue weighted by atomic mass is 16.2. The number of carbonyl (C=O) groups excluding carboxylic acids is 1. The van der Waals surface area contributed by atoms with Gasteiger partial charge in [0.25, 0.3) is 5.91 Å². The Labute approximate surface area is 127 Å². The zero-order valence-electron chi connectivity index (χ0n) is 13.2. The van der Waals surface area contributed by atoms with Crippen LogP contribution in [0.25, 0.3) is 0 Å². The molecule has 0 saturated heterocycles. The fourth-order valence-corrected chi connectivity index (χ4v) is 2.23.